The molecule has 0 bridgehead atoms. The highest BCUT2D eigenvalue weighted by molar-refractivity contribution is 6.34. The summed E-state index contributed by atoms with van der Waals surface area (Å²) in [5.74, 6) is -0.428. The molecule has 1 aromatic carbocycles. The molecule has 162 valence electrons. The summed E-state index contributed by atoms with van der Waals surface area (Å²) in [4.78, 5) is 31.2. The molecule has 1 atom stereocenters. The fourth-order valence-electron chi connectivity index (χ4n) is 3.38. The third kappa shape index (κ3) is 6.09. The fourth-order valence-corrected chi connectivity index (χ4v) is 3.85. The topological polar surface area (TPSA) is 67.2 Å². The van der Waals surface area contributed by atoms with E-state index in [1.807, 2.05) is 49.6 Å². The molecule has 0 unspecified atom stereocenters. The van der Waals surface area contributed by atoms with Crippen LogP contribution in [0.5, 0.6) is 0 Å². The van der Waals surface area contributed by atoms with Gasteiger partial charge in [-0.2, -0.15) is 0 Å². The van der Waals surface area contributed by atoms with Gasteiger partial charge in [0, 0.05) is 37.9 Å². The van der Waals surface area contributed by atoms with Crippen molar-refractivity contribution >= 4 is 35.0 Å². The van der Waals surface area contributed by atoms with E-state index >= 15 is 0 Å². The Balaban J connectivity index is 1.73. The van der Waals surface area contributed by atoms with Gasteiger partial charge in [-0.15, -0.1) is 0 Å². The predicted octanol–water partition coefficient (Wildman–Crippen LogP) is 4.23. The van der Waals surface area contributed by atoms with Gasteiger partial charge in [0.25, 0.3) is 11.8 Å². The molecular weight excluding hydrogens is 435 g/mol. The molecule has 3 rings (SSSR count). The number of likely N-dealkylation sites (N-methyl/N-ethyl adjacent to an activating group) is 1. The first-order valence-electron chi connectivity index (χ1n) is 9.89. The number of hydrogen-bond acceptors (Lipinski definition) is 3. The van der Waals surface area contributed by atoms with Crippen LogP contribution >= 0.6 is 23.2 Å². The van der Waals surface area contributed by atoms with Gasteiger partial charge in [-0.1, -0.05) is 53.5 Å². The SMILES string of the molecule is CN(C(=O)c1cc(Cl)cc(Cl)n1)[C@H](CCNC(=O)c1cccn1C)Cc1ccccc1. The highest BCUT2D eigenvalue weighted by Crippen LogP contribution is 2.19. The number of hydrogen-bond donors (Lipinski definition) is 1. The molecule has 0 spiro atoms. The molecule has 0 fully saturated rings. The van der Waals surface area contributed by atoms with E-state index in [1.54, 1.807) is 22.6 Å². The Labute approximate surface area is 191 Å². The smallest absolute Gasteiger partial charge is 0.272 e. The van der Waals surface area contributed by atoms with E-state index in [-0.39, 0.29) is 28.7 Å². The Bertz CT molecular complexity index is 1030. The second-order valence-electron chi connectivity index (χ2n) is 7.30. The van der Waals surface area contributed by atoms with Crippen LogP contribution in [-0.2, 0) is 13.5 Å². The maximum absolute atomic E-state index is 13.1. The van der Waals surface area contributed by atoms with Gasteiger partial charge in [-0.25, -0.2) is 4.98 Å². The zero-order valence-electron chi connectivity index (χ0n) is 17.4. The number of halogens is 2. The van der Waals surface area contributed by atoms with Crippen LogP contribution in [-0.4, -0.2) is 45.9 Å². The molecule has 2 heterocycles. The maximum Gasteiger partial charge on any atom is 0.272 e. The third-order valence-electron chi connectivity index (χ3n) is 5.10. The lowest BCUT2D eigenvalue weighted by Crippen LogP contribution is -2.41. The van der Waals surface area contributed by atoms with Crippen molar-refractivity contribution < 1.29 is 9.59 Å². The Morgan fingerprint density at radius 3 is 2.52 bits per heavy atom. The Morgan fingerprint density at radius 2 is 1.87 bits per heavy atom. The Morgan fingerprint density at radius 1 is 1.13 bits per heavy atom. The summed E-state index contributed by atoms with van der Waals surface area (Å²) < 4.78 is 1.76. The highest BCUT2D eigenvalue weighted by atomic mass is 35.5. The molecule has 6 nitrogen and oxygen atoms in total. The van der Waals surface area contributed by atoms with E-state index in [0.717, 1.165) is 5.56 Å². The first kappa shape index (κ1) is 22.8. The van der Waals surface area contributed by atoms with E-state index in [4.69, 9.17) is 23.2 Å². The molecule has 0 aliphatic rings. The van der Waals surface area contributed by atoms with Crippen molar-refractivity contribution in [3.05, 3.63) is 87.9 Å². The summed E-state index contributed by atoms with van der Waals surface area (Å²) in [6, 6.07) is 16.3. The number of carbonyl (C=O) groups is 2. The minimum atomic E-state index is -0.279. The average Bonchev–Trinajstić information content (AvgIpc) is 3.18. The van der Waals surface area contributed by atoms with Gasteiger partial charge in [0.2, 0.25) is 0 Å². The molecule has 8 heteroatoms. The van der Waals surface area contributed by atoms with Crippen molar-refractivity contribution in [2.75, 3.05) is 13.6 Å². The van der Waals surface area contributed by atoms with Gasteiger partial charge in [-0.3, -0.25) is 9.59 Å². The first-order chi connectivity index (χ1) is 14.8. The van der Waals surface area contributed by atoms with Crippen molar-refractivity contribution in [1.82, 2.24) is 19.8 Å². The molecule has 2 amide bonds. The number of amides is 2. The largest absolute Gasteiger partial charge is 0.351 e. The fraction of sp³-hybridized carbons (Fsp3) is 0.261. The lowest BCUT2D eigenvalue weighted by Gasteiger charge is -2.28. The molecule has 31 heavy (non-hydrogen) atoms. The van der Waals surface area contributed by atoms with Crippen molar-refractivity contribution in [3.8, 4) is 0 Å². The molecule has 0 saturated carbocycles. The molecule has 3 aromatic rings. The summed E-state index contributed by atoms with van der Waals surface area (Å²) in [6.45, 7) is 0.420. The first-order valence-corrected chi connectivity index (χ1v) is 10.6. The second kappa shape index (κ2) is 10.5. The summed E-state index contributed by atoms with van der Waals surface area (Å²) in [5, 5.41) is 3.46. The number of aromatic nitrogens is 2. The van der Waals surface area contributed by atoms with Crippen LogP contribution in [0.15, 0.2) is 60.8 Å². The van der Waals surface area contributed by atoms with E-state index in [1.165, 1.54) is 12.1 Å². The Kier molecular flexibility index (Phi) is 7.71. The summed E-state index contributed by atoms with van der Waals surface area (Å²) in [5.41, 5.74) is 1.87. The van der Waals surface area contributed by atoms with Crippen LogP contribution in [0.25, 0.3) is 0 Å². The van der Waals surface area contributed by atoms with Gasteiger partial charge in [-0.05, 0) is 42.7 Å². The Hall–Kier alpha value is -2.83. The average molecular weight is 459 g/mol. The second-order valence-corrected chi connectivity index (χ2v) is 8.13. The van der Waals surface area contributed by atoms with E-state index in [2.05, 4.69) is 10.3 Å². The lowest BCUT2D eigenvalue weighted by molar-refractivity contribution is 0.0717. The zero-order valence-corrected chi connectivity index (χ0v) is 18.9. The number of aryl methyl sites for hydroxylation is 1. The number of pyridine rings is 1. The quantitative estimate of drug-likeness (QED) is 0.513. The van der Waals surface area contributed by atoms with Crippen LogP contribution in [0.1, 0.15) is 33.0 Å². The summed E-state index contributed by atoms with van der Waals surface area (Å²) in [6.07, 6.45) is 3.03. The highest BCUT2D eigenvalue weighted by Gasteiger charge is 2.23. The van der Waals surface area contributed by atoms with Crippen LogP contribution < -0.4 is 5.32 Å². The van der Waals surface area contributed by atoms with Gasteiger partial charge in [0.05, 0.1) is 0 Å². The monoisotopic (exact) mass is 458 g/mol. The maximum atomic E-state index is 13.1. The normalized spacial score (nSPS) is 11.7. The van der Waals surface area contributed by atoms with Crippen LogP contribution in [0, 0.1) is 0 Å². The van der Waals surface area contributed by atoms with Gasteiger partial charge in [0.1, 0.15) is 16.5 Å². The number of nitrogens with one attached hydrogen (secondary N) is 1. The van der Waals surface area contributed by atoms with Crippen molar-refractivity contribution in [2.45, 2.75) is 18.9 Å². The van der Waals surface area contributed by atoms with E-state index < -0.39 is 0 Å². The van der Waals surface area contributed by atoms with Crippen molar-refractivity contribution in [3.63, 3.8) is 0 Å². The molecule has 2 aromatic heterocycles. The van der Waals surface area contributed by atoms with Gasteiger partial charge >= 0.3 is 0 Å². The number of rotatable bonds is 8. The van der Waals surface area contributed by atoms with Gasteiger partial charge < -0.3 is 14.8 Å². The summed E-state index contributed by atoms with van der Waals surface area (Å²) >= 11 is 12.0. The molecule has 0 saturated heterocycles. The molecule has 0 aliphatic heterocycles. The lowest BCUT2D eigenvalue weighted by atomic mass is 10.0. The van der Waals surface area contributed by atoms with Crippen molar-refractivity contribution in [2.24, 2.45) is 7.05 Å². The minimum absolute atomic E-state index is 0.150. The zero-order chi connectivity index (χ0) is 22.4. The summed E-state index contributed by atoms with van der Waals surface area (Å²) in [7, 11) is 3.55. The van der Waals surface area contributed by atoms with Crippen LogP contribution in [0.4, 0.5) is 0 Å². The standard InChI is InChI=1S/C23H24Cl2N4O2/c1-28-12-6-9-20(28)22(30)26-11-10-18(13-16-7-4-3-5-8-16)29(2)23(31)19-14-17(24)15-21(25)27-19/h3-9,12,14-15,18H,10-11,13H2,1-2H3,(H,26,30)/t18-/m1/s1. The predicted molar refractivity (Wildman–Crippen MR) is 123 cm³/mol. The molecule has 0 aliphatic carbocycles. The third-order valence-corrected chi connectivity index (χ3v) is 5.51. The van der Waals surface area contributed by atoms with Gasteiger partial charge in [0.15, 0.2) is 0 Å². The van der Waals surface area contributed by atoms with Crippen LogP contribution in [0.2, 0.25) is 10.2 Å². The van der Waals surface area contributed by atoms with E-state index in [9.17, 15) is 9.59 Å². The molecule has 1 N–H and O–H groups in total. The van der Waals surface area contributed by atoms with Crippen LogP contribution in [0.3, 0.4) is 0 Å². The minimum Gasteiger partial charge on any atom is -0.351 e. The number of nitrogens with zero attached hydrogens (tertiary/aromatic N) is 3. The molecule has 0 radical (unpaired) electrons. The van der Waals surface area contributed by atoms with Crippen molar-refractivity contribution in [1.29, 1.82) is 0 Å². The van der Waals surface area contributed by atoms with E-state index in [0.29, 0.717) is 30.1 Å². The number of carbonyl (C=O) groups excluding carboxylic acids is 2. The molecular formula is C23H24Cl2N4O2. The number of benzene rings is 1.